The number of nitrogens with zero attached hydrogens (tertiary/aromatic N) is 2. The molecule has 2 aromatic carbocycles. The van der Waals surface area contributed by atoms with Crippen molar-refractivity contribution in [1.82, 2.24) is 0 Å². The quantitative estimate of drug-likeness (QED) is 0.333. The zero-order chi connectivity index (χ0) is 22.0. The van der Waals surface area contributed by atoms with E-state index in [0.717, 1.165) is 0 Å². The Morgan fingerprint density at radius 2 is 0.862 bits per heavy atom. The normalized spacial score (nSPS) is 13.7. The fraction of sp³-hybridized carbons (Fsp3) is 0.417. The summed E-state index contributed by atoms with van der Waals surface area (Å²) in [5, 5.41) is 0. The van der Waals surface area contributed by atoms with Gasteiger partial charge in [-0.3, -0.25) is 0 Å². The second kappa shape index (κ2) is 9.27. The zero-order valence-corrected chi connectivity index (χ0v) is 24.0. The van der Waals surface area contributed by atoms with E-state index in [1.165, 1.54) is 42.5 Å². The minimum atomic E-state index is -1.63. The number of hydrogen-bond acceptors (Lipinski definition) is 2. The van der Waals surface area contributed by atoms with Crippen molar-refractivity contribution in [3.05, 3.63) is 69.8 Å². The summed E-state index contributed by atoms with van der Waals surface area (Å²) in [6.45, 7) is 22.9. The monoisotopic (exact) mass is 482 g/mol. The summed E-state index contributed by atoms with van der Waals surface area (Å²) in [7, 11) is -3.25. The Bertz CT molecular complexity index is 830. The van der Waals surface area contributed by atoms with Gasteiger partial charge in [0.25, 0.3) is 0 Å². The van der Waals surface area contributed by atoms with Crippen LogP contribution in [0.1, 0.15) is 33.4 Å². The summed E-state index contributed by atoms with van der Waals surface area (Å²) in [6, 6.07) is 13.2. The van der Waals surface area contributed by atoms with Gasteiger partial charge in [0.1, 0.15) is 0 Å². The van der Waals surface area contributed by atoms with Gasteiger partial charge < -0.3 is 0 Å². The summed E-state index contributed by atoms with van der Waals surface area (Å²) in [5.41, 5.74) is 8.06. The predicted molar refractivity (Wildman–Crippen MR) is 137 cm³/mol. The summed E-state index contributed by atoms with van der Waals surface area (Å²) >= 11 is -0.670. The van der Waals surface area contributed by atoms with Crippen LogP contribution in [-0.4, -0.2) is 41.0 Å². The van der Waals surface area contributed by atoms with Gasteiger partial charge in [-0.15, -0.1) is 0 Å². The van der Waals surface area contributed by atoms with Gasteiger partial charge in [0.2, 0.25) is 0 Å². The first-order chi connectivity index (χ1) is 13.3. The molecule has 0 aliphatic rings. The molecule has 154 valence electrons. The molecule has 2 aromatic rings. The average molecular weight is 481 g/mol. The van der Waals surface area contributed by atoms with Crippen LogP contribution in [0.2, 0.25) is 39.3 Å². The summed E-state index contributed by atoms with van der Waals surface area (Å²) < 4.78 is 13.5. The molecule has 0 atom stereocenters. The van der Waals surface area contributed by atoms with Crippen LogP contribution in [0.3, 0.4) is 0 Å². The molecule has 0 spiro atoms. The van der Waals surface area contributed by atoms with Crippen molar-refractivity contribution in [2.75, 3.05) is 0 Å². The Hall–Kier alpha value is -1.24. The van der Waals surface area contributed by atoms with E-state index in [-0.39, 0.29) is 0 Å². The van der Waals surface area contributed by atoms with Gasteiger partial charge in [-0.25, -0.2) is 0 Å². The van der Waals surface area contributed by atoms with Crippen LogP contribution in [0.25, 0.3) is 0 Å². The molecule has 0 aliphatic heterocycles. The van der Waals surface area contributed by atoms with Crippen molar-refractivity contribution in [3.8, 4) is 0 Å². The Morgan fingerprint density at radius 1 is 0.586 bits per heavy atom. The van der Waals surface area contributed by atoms with Crippen molar-refractivity contribution in [3.63, 3.8) is 0 Å². The molecule has 0 aromatic heterocycles. The molecule has 0 unspecified atom stereocenters. The van der Waals surface area contributed by atoms with Gasteiger partial charge in [-0.05, 0) is 0 Å². The van der Waals surface area contributed by atoms with Gasteiger partial charge in [-0.2, -0.15) is 0 Å². The van der Waals surface area contributed by atoms with Crippen molar-refractivity contribution < 1.29 is 0 Å². The van der Waals surface area contributed by atoms with Gasteiger partial charge in [-0.1, -0.05) is 0 Å². The fourth-order valence-corrected chi connectivity index (χ4v) is 12.7. The Balaban J connectivity index is 2.73. The van der Waals surface area contributed by atoms with Crippen LogP contribution >= 0.6 is 0 Å². The first kappa shape index (κ1) is 24.0. The third kappa shape index (κ3) is 6.90. The molecule has 0 bridgehead atoms. The topological polar surface area (TPSA) is 24.7 Å². The maximum atomic E-state index is 5.40. The predicted octanol–water partition coefficient (Wildman–Crippen LogP) is 6.49. The second-order valence-corrected chi connectivity index (χ2v) is 21.6. The summed E-state index contributed by atoms with van der Waals surface area (Å²) in [4.78, 5) is 0. The Labute approximate surface area is 186 Å². The van der Waals surface area contributed by atoms with Crippen molar-refractivity contribution in [2.24, 2.45) is 9.32 Å². The molecule has 0 aliphatic carbocycles. The summed E-state index contributed by atoms with van der Waals surface area (Å²) in [5.74, 6) is 0. The molecule has 2 radical (unpaired) electrons. The van der Waals surface area contributed by atoms with Crippen LogP contribution in [-0.2, 0) is 0 Å². The number of benzene rings is 2. The molecule has 0 saturated carbocycles. The van der Waals surface area contributed by atoms with E-state index in [2.05, 4.69) is 103 Å². The number of aryl methyl sites for hydroxylation is 4. The SMILES string of the molecule is Cc1cccc(C)c1/[C](=N/[Si](C)(C)C)[Ge]/[C](=N/[Si](C)(C)C)c1c(C)cccc1C. The molecule has 0 N–H and O–H groups in total. The molecule has 0 heterocycles. The molecular formula is C24H36GeN2Si2. The zero-order valence-electron chi connectivity index (χ0n) is 19.9. The van der Waals surface area contributed by atoms with Gasteiger partial charge in [0.15, 0.2) is 0 Å². The van der Waals surface area contributed by atoms with E-state index in [1.54, 1.807) is 0 Å². The Morgan fingerprint density at radius 3 is 1.10 bits per heavy atom. The van der Waals surface area contributed by atoms with Crippen LogP contribution in [0.5, 0.6) is 0 Å². The standard InChI is InChI=1S/C24H36GeN2Si2/c1-17-13-11-14-18(2)21(17)23(26-28(5,6)7)25-24(27-29(8,9)10)22-19(3)15-12-16-20(22)4/h11-16H,1-10H3/b26-23-,27-24+. The van der Waals surface area contributed by atoms with Gasteiger partial charge in [0, 0.05) is 0 Å². The molecule has 2 nitrogen and oxygen atoms in total. The van der Waals surface area contributed by atoms with E-state index in [1.807, 2.05) is 0 Å². The van der Waals surface area contributed by atoms with E-state index in [0.29, 0.717) is 0 Å². The van der Waals surface area contributed by atoms with Crippen molar-refractivity contribution in [1.29, 1.82) is 0 Å². The van der Waals surface area contributed by atoms with Crippen LogP contribution in [0, 0.1) is 27.7 Å². The third-order valence-corrected chi connectivity index (χ3v) is 9.81. The molecule has 0 saturated heterocycles. The van der Waals surface area contributed by atoms with E-state index >= 15 is 0 Å². The number of rotatable bonds is 6. The molecule has 5 heteroatoms. The van der Waals surface area contributed by atoms with E-state index in [9.17, 15) is 0 Å². The molecule has 0 amide bonds. The van der Waals surface area contributed by atoms with Gasteiger partial charge >= 0.3 is 187 Å². The third-order valence-electron chi connectivity index (χ3n) is 4.57. The number of hydrogen-bond donors (Lipinski definition) is 0. The van der Waals surface area contributed by atoms with Gasteiger partial charge in [0.05, 0.1) is 0 Å². The average Bonchev–Trinajstić information content (AvgIpc) is 2.51. The van der Waals surface area contributed by atoms with Crippen LogP contribution in [0.15, 0.2) is 45.7 Å². The maximum absolute atomic E-state index is 5.40. The fourth-order valence-electron chi connectivity index (χ4n) is 3.45. The second-order valence-electron chi connectivity index (χ2n) is 9.92. The molecule has 2 rings (SSSR count). The molecular weight excluding hydrogens is 445 g/mol. The summed E-state index contributed by atoms with van der Waals surface area (Å²) in [6.07, 6.45) is 0. The first-order valence-corrected chi connectivity index (χ1v) is 19.4. The van der Waals surface area contributed by atoms with E-state index < -0.39 is 31.9 Å². The van der Waals surface area contributed by atoms with E-state index in [4.69, 9.17) is 9.32 Å². The van der Waals surface area contributed by atoms with Crippen LogP contribution < -0.4 is 0 Å². The first-order valence-electron chi connectivity index (χ1n) is 10.4. The van der Waals surface area contributed by atoms with Crippen molar-refractivity contribution in [2.45, 2.75) is 67.0 Å². The Kier molecular flexibility index (Phi) is 7.68. The van der Waals surface area contributed by atoms with Crippen molar-refractivity contribution >= 4 is 41.0 Å². The molecule has 29 heavy (non-hydrogen) atoms. The molecule has 0 fully saturated rings. The van der Waals surface area contributed by atoms with Crippen LogP contribution in [0.4, 0.5) is 0 Å². The minimum absolute atomic E-state index is 0.670.